The Hall–Kier alpha value is -3.33. The second kappa shape index (κ2) is 8.65. The van der Waals surface area contributed by atoms with Gasteiger partial charge in [0.25, 0.3) is 11.5 Å². The van der Waals surface area contributed by atoms with E-state index in [0.29, 0.717) is 36.0 Å². The summed E-state index contributed by atoms with van der Waals surface area (Å²) in [7, 11) is 1.49. The molecule has 1 aromatic carbocycles. The number of nitrogens with zero attached hydrogens (tertiary/aromatic N) is 3. The Balaban J connectivity index is 1.09. The normalized spacial score (nSPS) is 25.7. The monoisotopic (exact) mass is 493 g/mol. The number of aromatic nitrogens is 2. The number of benzene rings is 1. The van der Waals surface area contributed by atoms with Crippen molar-refractivity contribution in [2.75, 3.05) is 44.7 Å². The minimum atomic E-state index is -0.618. The molecule has 7 nitrogen and oxygen atoms in total. The van der Waals surface area contributed by atoms with E-state index in [4.69, 9.17) is 0 Å². The van der Waals surface area contributed by atoms with Crippen molar-refractivity contribution < 1.29 is 13.6 Å². The quantitative estimate of drug-likeness (QED) is 0.534. The molecule has 2 N–H and O–H groups in total. The predicted molar refractivity (Wildman–Crippen MR) is 133 cm³/mol. The molecule has 9 heteroatoms. The lowest BCUT2D eigenvalue weighted by molar-refractivity contribution is 0.0957. The fourth-order valence-corrected chi connectivity index (χ4v) is 6.64. The smallest absolute Gasteiger partial charge is 0.269 e. The van der Waals surface area contributed by atoms with E-state index in [-0.39, 0.29) is 22.1 Å². The summed E-state index contributed by atoms with van der Waals surface area (Å²) < 4.78 is 28.7. The topological polar surface area (TPSA) is 81.3 Å². The first-order chi connectivity index (χ1) is 17.4. The summed E-state index contributed by atoms with van der Waals surface area (Å²) >= 11 is 0. The molecular weight excluding hydrogens is 464 g/mol. The lowest BCUT2D eigenvalue weighted by Gasteiger charge is -2.39. The summed E-state index contributed by atoms with van der Waals surface area (Å²) in [6, 6.07) is 9.94. The molecule has 0 unspecified atom stereocenters. The van der Waals surface area contributed by atoms with Crippen LogP contribution >= 0.6 is 0 Å². The van der Waals surface area contributed by atoms with Crippen molar-refractivity contribution in [2.24, 2.45) is 11.8 Å². The summed E-state index contributed by atoms with van der Waals surface area (Å²) in [6.07, 6.45) is 3.14. The highest BCUT2D eigenvalue weighted by Gasteiger charge is 2.57. The van der Waals surface area contributed by atoms with Gasteiger partial charge < -0.3 is 15.2 Å². The first-order valence-electron chi connectivity index (χ1n) is 12.5. The summed E-state index contributed by atoms with van der Waals surface area (Å²) in [5.41, 5.74) is 1.09. The lowest BCUT2D eigenvalue weighted by atomic mass is 9.67. The SMILES string of the molecule is CNC(=O)c1ccc(N2CCN(C[C@H]3CC4(c5cc6cccc(F)c6c(=O)[nH]5)CC3C4)CC2)c(F)n1. The van der Waals surface area contributed by atoms with Crippen LogP contribution in [0.2, 0.25) is 0 Å². The fraction of sp³-hybridized carbons (Fsp3) is 0.444. The summed E-state index contributed by atoms with van der Waals surface area (Å²) in [5, 5.41) is 3.26. The first kappa shape index (κ1) is 23.1. The van der Waals surface area contributed by atoms with Crippen LogP contribution in [0.3, 0.4) is 0 Å². The number of carbonyl (C=O) groups excluding carboxylic acids is 1. The van der Waals surface area contributed by atoms with Gasteiger partial charge in [-0.05, 0) is 60.7 Å². The second-order valence-electron chi connectivity index (χ2n) is 10.5. The molecule has 4 aliphatic rings. The number of aromatic amines is 1. The van der Waals surface area contributed by atoms with Crippen molar-refractivity contribution in [3.05, 3.63) is 69.9 Å². The number of rotatable bonds is 5. The Labute approximate surface area is 207 Å². The van der Waals surface area contributed by atoms with E-state index in [1.165, 1.54) is 13.1 Å². The van der Waals surface area contributed by atoms with Crippen molar-refractivity contribution in [1.29, 1.82) is 0 Å². The van der Waals surface area contributed by atoms with Crippen molar-refractivity contribution in [3.8, 4) is 0 Å². The summed E-state index contributed by atoms with van der Waals surface area (Å²) in [4.78, 5) is 35.6. The number of pyridine rings is 2. The molecule has 1 amide bonds. The molecule has 36 heavy (non-hydrogen) atoms. The largest absolute Gasteiger partial charge is 0.365 e. The number of H-pyrrole nitrogens is 1. The van der Waals surface area contributed by atoms with Gasteiger partial charge in [-0.2, -0.15) is 4.39 Å². The van der Waals surface area contributed by atoms with Crippen molar-refractivity contribution in [2.45, 2.75) is 24.7 Å². The van der Waals surface area contributed by atoms with Gasteiger partial charge in [0, 0.05) is 50.9 Å². The Morgan fingerprint density at radius 3 is 2.64 bits per heavy atom. The lowest BCUT2D eigenvalue weighted by Crippen LogP contribution is -2.48. The molecule has 3 aromatic rings. The number of anilines is 1. The molecule has 0 radical (unpaired) electrons. The molecule has 1 saturated heterocycles. The van der Waals surface area contributed by atoms with Crippen LogP contribution in [0.5, 0.6) is 0 Å². The van der Waals surface area contributed by atoms with Crippen molar-refractivity contribution in [1.82, 2.24) is 20.2 Å². The fourth-order valence-electron chi connectivity index (χ4n) is 6.64. The van der Waals surface area contributed by atoms with Crippen molar-refractivity contribution in [3.63, 3.8) is 0 Å². The van der Waals surface area contributed by atoms with Crippen LogP contribution in [0, 0.1) is 23.6 Å². The van der Waals surface area contributed by atoms with Crippen molar-refractivity contribution >= 4 is 22.4 Å². The van der Waals surface area contributed by atoms with Gasteiger partial charge in [-0.1, -0.05) is 12.1 Å². The molecule has 3 heterocycles. The Morgan fingerprint density at radius 1 is 1.14 bits per heavy atom. The maximum absolute atomic E-state index is 14.6. The molecule has 0 spiro atoms. The van der Waals surface area contributed by atoms with E-state index in [0.717, 1.165) is 44.6 Å². The zero-order valence-corrected chi connectivity index (χ0v) is 20.2. The maximum atomic E-state index is 14.6. The van der Waals surface area contributed by atoms with E-state index >= 15 is 0 Å². The van der Waals surface area contributed by atoms with Gasteiger partial charge in [-0.3, -0.25) is 14.5 Å². The van der Waals surface area contributed by atoms with Gasteiger partial charge in [0.05, 0.1) is 11.1 Å². The van der Waals surface area contributed by atoms with Crippen LogP contribution in [-0.4, -0.2) is 60.5 Å². The summed E-state index contributed by atoms with van der Waals surface area (Å²) in [6.45, 7) is 4.05. The minimum absolute atomic E-state index is 0.0157. The maximum Gasteiger partial charge on any atom is 0.269 e. The first-order valence-corrected chi connectivity index (χ1v) is 12.5. The number of halogens is 2. The standard InChI is InChI=1S/C27H29F2N5O2/c1-30-25(35)20-5-6-21(24(29)31-20)34-9-7-33(8-10-34)15-18-14-27(12-17(18)13-27)22-11-16-3-2-4-19(28)23(16)26(36)32-22/h2-6,11,17-18H,7-10,12-15H2,1H3,(H,30,35)(H,32,36)/t17?,18-,27?/m1/s1. The van der Waals surface area contributed by atoms with Gasteiger partial charge >= 0.3 is 0 Å². The van der Waals surface area contributed by atoms with E-state index in [9.17, 15) is 18.4 Å². The van der Waals surface area contributed by atoms with E-state index in [1.807, 2.05) is 11.0 Å². The molecule has 188 valence electrons. The number of nitrogens with one attached hydrogen (secondary N) is 2. The van der Waals surface area contributed by atoms with Crippen LogP contribution in [0.25, 0.3) is 10.8 Å². The zero-order chi connectivity index (χ0) is 25.0. The van der Waals surface area contributed by atoms with Crippen LogP contribution in [0.15, 0.2) is 41.2 Å². The third kappa shape index (κ3) is 3.77. The number of amides is 1. The third-order valence-electron chi connectivity index (χ3n) is 8.51. The van der Waals surface area contributed by atoms with Gasteiger partial charge in [0.2, 0.25) is 5.95 Å². The molecule has 2 aromatic heterocycles. The predicted octanol–water partition coefficient (Wildman–Crippen LogP) is 3.05. The third-order valence-corrected chi connectivity index (χ3v) is 8.51. The van der Waals surface area contributed by atoms with Gasteiger partial charge in [-0.25, -0.2) is 9.37 Å². The number of piperazine rings is 1. The Kier molecular flexibility index (Phi) is 5.55. The van der Waals surface area contributed by atoms with Crippen LogP contribution in [0.1, 0.15) is 35.4 Å². The molecule has 2 bridgehead atoms. The highest BCUT2D eigenvalue weighted by Crippen LogP contribution is 2.62. The molecule has 4 fully saturated rings. The number of fused-ring (bicyclic) bond motifs is 2. The molecular formula is C27H29F2N5O2. The van der Waals surface area contributed by atoms with Crippen LogP contribution in [0.4, 0.5) is 14.5 Å². The molecule has 1 aliphatic heterocycles. The van der Waals surface area contributed by atoms with Gasteiger partial charge in [-0.15, -0.1) is 0 Å². The van der Waals surface area contributed by atoms with Gasteiger partial charge in [0.15, 0.2) is 0 Å². The summed E-state index contributed by atoms with van der Waals surface area (Å²) in [5.74, 6) is -0.321. The molecule has 1 atom stereocenters. The molecule has 3 saturated carbocycles. The zero-order valence-electron chi connectivity index (χ0n) is 20.2. The number of hydrogen-bond donors (Lipinski definition) is 2. The van der Waals surface area contributed by atoms with E-state index in [2.05, 4.69) is 20.2 Å². The molecule has 7 rings (SSSR count). The van der Waals surface area contributed by atoms with Crippen LogP contribution < -0.4 is 15.8 Å². The average Bonchev–Trinajstić information content (AvgIpc) is 3.39. The number of hydrogen-bond acceptors (Lipinski definition) is 5. The molecule has 3 aliphatic carbocycles. The van der Waals surface area contributed by atoms with Crippen LogP contribution in [-0.2, 0) is 5.41 Å². The highest BCUT2D eigenvalue weighted by molar-refractivity contribution is 5.92. The van der Waals surface area contributed by atoms with Gasteiger partial charge in [0.1, 0.15) is 11.5 Å². The van der Waals surface area contributed by atoms with E-state index < -0.39 is 17.7 Å². The Bertz CT molecular complexity index is 1390. The average molecular weight is 494 g/mol. The minimum Gasteiger partial charge on any atom is -0.365 e. The second-order valence-corrected chi connectivity index (χ2v) is 10.5. The van der Waals surface area contributed by atoms with E-state index in [1.54, 1.807) is 24.3 Å². The highest BCUT2D eigenvalue weighted by atomic mass is 19.1. The Morgan fingerprint density at radius 2 is 1.92 bits per heavy atom. The number of carbonyl (C=O) groups is 1.